The lowest BCUT2D eigenvalue weighted by Gasteiger charge is -2.10. The third kappa shape index (κ3) is 4.14. The molecule has 0 aromatic heterocycles. The van der Waals surface area contributed by atoms with Gasteiger partial charge in [0.1, 0.15) is 18.2 Å². The van der Waals surface area contributed by atoms with Gasteiger partial charge >= 0.3 is 0 Å². The van der Waals surface area contributed by atoms with Crippen molar-refractivity contribution in [1.82, 2.24) is 0 Å². The van der Waals surface area contributed by atoms with Gasteiger partial charge in [-0.15, -0.1) is 11.6 Å². The van der Waals surface area contributed by atoms with Crippen LogP contribution >= 0.6 is 23.2 Å². The minimum atomic E-state index is -0.443. The Kier molecular flexibility index (Phi) is 5.50. The summed E-state index contributed by atoms with van der Waals surface area (Å²) in [6.45, 7) is 2.04. The molecule has 0 N–H and O–H groups in total. The zero-order valence-corrected chi connectivity index (χ0v) is 12.9. The van der Waals surface area contributed by atoms with Crippen molar-refractivity contribution in [2.45, 2.75) is 13.5 Å². The largest absolute Gasteiger partial charge is 0.489 e. The highest BCUT2D eigenvalue weighted by atomic mass is 35.5. The molecule has 4 heteroatoms. The molecule has 0 saturated carbocycles. The van der Waals surface area contributed by atoms with Gasteiger partial charge in [0.2, 0.25) is 0 Å². The van der Waals surface area contributed by atoms with Crippen molar-refractivity contribution in [3.05, 3.63) is 63.9 Å². The van der Waals surface area contributed by atoms with Crippen LogP contribution in [0, 0.1) is 24.6 Å². The van der Waals surface area contributed by atoms with Crippen LogP contribution in [0.3, 0.4) is 0 Å². The van der Waals surface area contributed by atoms with Crippen molar-refractivity contribution in [2.75, 3.05) is 5.88 Å². The Labute approximate surface area is 133 Å². The molecule has 0 fully saturated rings. The van der Waals surface area contributed by atoms with E-state index in [1.54, 1.807) is 12.1 Å². The fourth-order valence-electron chi connectivity index (χ4n) is 1.84. The second-order valence-electron chi connectivity index (χ2n) is 4.42. The van der Waals surface area contributed by atoms with E-state index in [9.17, 15) is 4.39 Å². The summed E-state index contributed by atoms with van der Waals surface area (Å²) in [5, 5.41) is 0.0968. The van der Waals surface area contributed by atoms with Crippen LogP contribution in [0.4, 0.5) is 4.39 Å². The number of hydrogen-bond donors (Lipinski definition) is 0. The maximum Gasteiger partial charge on any atom is 0.148 e. The molecule has 0 amide bonds. The van der Waals surface area contributed by atoms with Crippen LogP contribution in [-0.2, 0) is 6.61 Å². The van der Waals surface area contributed by atoms with Crippen molar-refractivity contribution in [1.29, 1.82) is 0 Å². The molecule has 21 heavy (non-hydrogen) atoms. The predicted molar refractivity (Wildman–Crippen MR) is 84.5 cm³/mol. The van der Waals surface area contributed by atoms with E-state index in [0.29, 0.717) is 17.2 Å². The van der Waals surface area contributed by atoms with E-state index in [0.717, 1.165) is 11.1 Å². The number of aryl methyl sites for hydroxylation is 1. The first kappa shape index (κ1) is 15.7. The number of ether oxygens (including phenoxy) is 1. The average molecular weight is 323 g/mol. The van der Waals surface area contributed by atoms with Crippen molar-refractivity contribution in [3.8, 4) is 17.6 Å². The first-order valence-corrected chi connectivity index (χ1v) is 7.24. The highest BCUT2D eigenvalue weighted by Crippen LogP contribution is 2.23. The molecule has 0 spiro atoms. The summed E-state index contributed by atoms with van der Waals surface area (Å²) < 4.78 is 19.4. The Morgan fingerprint density at radius 2 is 2.05 bits per heavy atom. The maximum absolute atomic E-state index is 13.8. The molecular weight excluding hydrogens is 310 g/mol. The van der Waals surface area contributed by atoms with E-state index >= 15 is 0 Å². The Bertz CT molecular complexity index is 702. The first-order chi connectivity index (χ1) is 10.1. The van der Waals surface area contributed by atoms with Gasteiger partial charge in [-0.05, 0) is 36.8 Å². The number of halogens is 3. The van der Waals surface area contributed by atoms with E-state index in [1.807, 2.05) is 25.1 Å². The molecule has 0 atom stereocenters. The van der Waals surface area contributed by atoms with Gasteiger partial charge < -0.3 is 4.74 Å². The standard InChI is InChI=1S/C17H13Cl2FO/c1-12-10-13(4-3-9-18)7-8-16(12)21-11-14-5-2-6-15(19)17(14)20/h2,5-8,10H,9,11H2,1H3. The van der Waals surface area contributed by atoms with Crippen molar-refractivity contribution < 1.29 is 9.13 Å². The highest BCUT2D eigenvalue weighted by Gasteiger charge is 2.07. The minimum Gasteiger partial charge on any atom is -0.489 e. The van der Waals surface area contributed by atoms with E-state index < -0.39 is 5.82 Å². The van der Waals surface area contributed by atoms with Gasteiger partial charge in [0.05, 0.1) is 10.9 Å². The summed E-state index contributed by atoms with van der Waals surface area (Å²) in [6, 6.07) is 10.4. The van der Waals surface area contributed by atoms with Gasteiger partial charge in [-0.2, -0.15) is 0 Å². The number of hydrogen-bond acceptors (Lipinski definition) is 1. The molecule has 2 aromatic rings. The monoisotopic (exact) mass is 322 g/mol. The molecule has 0 unspecified atom stereocenters. The minimum absolute atomic E-state index is 0.0968. The van der Waals surface area contributed by atoms with E-state index in [4.69, 9.17) is 27.9 Å². The van der Waals surface area contributed by atoms with E-state index in [1.165, 1.54) is 6.07 Å². The lowest BCUT2D eigenvalue weighted by atomic mass is 10.1. The van der Waals surface area contributed by atoms with Crippen molar-refractivity contribution >= 4 is 23.2 Å². The third-order valence-electron chi connectivity index (χ3n) is 2.89. The van der Waals surface area contributed by atoms with Crippen molar-refractivity contribution in [2.24, 2.45) is 0 Å². The molecule has 0 aliphatic carbocycles. The molecule has 0 radical (unpaired) electrons. The molecule has 0 aliphatic rings. The molecule has 0 saturated heterocycles. The molecule has 2 aromatic carbocycles. The van der Waals surface area contributed by atoms with Gasteiger partial charge in [0, 0.05) is 11.1 Å². The summed E-state index contributed by atoms with van der Waals surface area (Å²) in [6.07, 6.45) is 0. The van der Waals surface area contributed by atoms with Crippen LogP contribution in [0.1, 0.15) is 16.7 Å². The van der Waals surface area contributed by atoms with E-state index in [2.05, 4.69) is 11.8 Å². The molecule has 108 valence electrons. The topological polar surface area (TPSA) is 9.23 Å². The Hall–Kier alpha value is -1.69. The van der Waals surface area contributed by atoms with Crippen LogP contribution in [0.5, 0.6) is 5.75 Å². The zero-order chi connectivity index (χ0) is 15.2. The number of benzene rings is 2. The van der Waals surface area contributed by atoms with Crippen LogP contribution in [0.15, 0.2) is 36.4 Å². The second kappa shape index (κ2) is 7.36. The van der Waals surface area contributed by atoms with Crippen LogP contribution in [0.25, 0.3) is 0 Å². The normalized spacial score (nSPS) is 9.90. The second-order valence-corrected chi connectivity index (χ2v) is 5.09. The zero-order valence-electron chi connectivity index (χ0n) is 11.4. The molecule has 2 rings (SSSR count). The van der Waals surface area contributed by atoms with E-state index in [-0.39, 0.29) is 11.6 Å². The Morgan fingerprint density at radius 1 is 1.24 bits per heavy atom. The quantitative estimate of drug-likeness (QED) is 0.573. The maximum atomic E-state index is 13.8. The summed E-state index contributed by atoms with van der Waals surface area (Å²) in [5.74, 6) is 6.27. The average Bonchev–Trinajstić information content (AvgIpc) is 2.48. The van der Waals surface area contributed by atoms with Crippen LogP contribution in [-0.4, -0.2) is 5.88 Å². The summed E-state index contributed by atoms with van der Waals surface area (Å²) in [5.41, 5.74) is 2.22. The SMILES string of the molecule is Cc1cc(C#CCCl)ccc1OCc1cccc(Cl)c1F. The smallest absolute Gasteiger partial charge is 0.148 e. The van der Waals surface area contributed by atoms with Crippen molar-refractivity contribution in [3.63, 3.8) is 0 Å². The molecule has 0 bridgehead atoms. The fourth-order valence-corrected chi connectivity index (χ4v) is 2.10. The number of alkyl halides is 1. The summed E-state index contributed by atoms with van der Waals surface area (Å²) in [4.78, 5) is 0. The van der Waals surface area contributed by atoms with Gasteiger partial charge in [0.15, 0.2) is 0 Å². The summed E-state index contributed by atoms with van der Waals surface area (Å²) >= 11 is 11.3. The molecule has 0 heterocycles. The molecule has 1 nitrogen and oxygen atoms in total. The fraction of sp³-hybridized carbons (Fsp3) is 0.176. The van der Waals surface area contributed by atoms with Gasteiger partial charge in [0.25, 0.3) is 0 Å². The molecular formula is C17H13Cl2FO. The van der Waals surface area contributed by atoms with Gasteiger partial charge in [-0.25, -0.2) is 4.39 Å². The van der Waals surface area contributed by atoms with Gasteiger partial charge in [-0.3, -0.25) is 0 Å². The Balaban J connectivity index is 2.12. The third-order valence-corrected chi connectivity index (χ3v) is 3.31. The van der Waals surface area contributed by atoms with Crippen LogP contribution < -0.4 is 4.74 Å². The lowest BCUT2D eigenvalue weighted by molar-refractivity contribution is 0.298. The number of rotatable bonds is 3. The lowest BCUT2D eigenvalue weighted by Crippen LogP contribution is -2.00. The predicted octanol–water partition coefficient (Wildman–Crippen LogP) is 4.96. The van der Waals surface area contributed by atoms with Crippen LogP contribution in [0.2, 0.25) is 5.02 Å². The van der Waals surface area contributed by atoms with Gasteiger partial charge in [-0.1, -0.05) is 35.6 Å². The highest BCUT2D eigenvalue weighted by molar-refractivity contribution is 6.30. The summed E-state index contributed by atoms with van der Waals surface area (Å²) in [7, 11) is 0. The molecule has 0 aliphatic heterocycles. The first-order valence-electron chi connectivity index (χ1n) is 6.33. The Morgan fingerprint density at radius 3 is 2.76 bits per heavy atom.